The quantitative estimate of drug-likeness (QED) is 0.627. The third-order valence-electron chi connectivity index (χ3n) is 3.62. The number of rotatable bonds is 3. The lowest BCUT2D eigenvalue weighted by Crippen LogP contribution is -2.39. The van der Waals surface area contributed by atoms with Crippen molar-refractivity contribution in [3.05, 3.63) is 34.9 Å². The molecular formula is C16H19NO3. The van der Waals surface area contributed by atoms with Crippen LogP contribution in [0.3, 0.4) is 0 Å². The fourth-order valence-corrected chi connectivity index (χ4v) is 2.49. The van der Waals surface area contributed by atoms with Crippen molar-refractivity contribution in [1.29, 1.82) is 0 Å². The molecule has 0 radical (unpaired) electrons. The summed E-state index contributed by atoms with van der Waals surface area (Å²) in [5, 5.41) is 0. The van der Waals surface area contributed by atoms with Crippen molar-refractivity contribution in [2.75, 3.05) is 6.54 Å². The van der Waals surface area contributed by atoms with E-state index in [1.165, 1.54) is 0 Å². The molecule has 20 heavy (non-hydrogen) atoms. The highest BCUT2D eigenvalue weighted by molar-refractivity contribution is 6.05. The summed E-state index contributed by atoms with van der Waals surface area (Å²) in [6, 6.07) is 5.56. The van der Waals surface area contributed by atoms with E-state index in [0.29, 0.717) is 18.4 Å². The van der Waals surface area contributed by atoms with Crippen LogP contribution >= 0.6 is 0 Å². The average Bonchev–Trinajstić information content (AvgIpc) is 2.53. The van der Waals surface area contributed by atoms with Crippen LogP contribution in [-0.4, -0.2) is 29.0 Å². The van der Waals surface area contributed by atoms with E-state index in [0.717, 1.165) is 28.9 Å². The van der Waals surface area contributed by atoms with Crippen molar-refractivity contribution in [3.63, 3.8) is 0 Å². The van der Waals surface area contributed by atoms with Crippen LogP contribution in [0.4, 0.5) is 0 Å². The first-order chi connectivity index (χ1) is 9.49. The molecule has 0 N–H and O–H groups in total. The van der Waals surface area contributed by atoms with Crippen molar-refractivity contribution in [1.82, 2.24) is 4.90 Å². The number of hydrogen-bond donors (Lipinski definition) is 0. The molecule has 0 spiro atoms. The normalized spacial score (nSPS) is 16.2. The smallest absolute Gasteiger partial charge is 0.229 e. The number of ketones is 1. The monoisotopic (exact) mass is 273 g/mol. The highest BCUT2D eigenvalue weighted by Gasteiger charge is 2.26. The number of benzene rings is 1. The van der Waals surface area contributed by atoms with Crippen molar-refractivity contribution in [2.45, 2.75) is 39.5 Å². The molecule has 0 atom stereocenters. The molecule has 2 amide bonds. The maximum Gasteiger partial charge on any atom is 0.229 e. The van der Waals surface area contributed by atoms with Gasteiger partial charge in [0, 0.05) is 18.4 Å². The van der Waals surface area contributed by atoms with E-state index >= 15 is 0 Å². The van der Waals surface area contributed by atoms with Crippen LogP contribution in [-0.2, 0) is 9.59 Å². The Bertz CT molecular complexity index is 545. The van der Waals surface area contributed by atoms with E-state index in [-0.39, 0.29) is 24.1 Å². The number of amides is 2. The Balaban J connectivity index is 2.17. The molecule has 1 aliphatic heterocycles. The van der Waals surface area contributed by atoms with Gasteiger partial charge in [-0.1, -0.05) is 23.8 Å². The zero-order chi connectivity index (χ0) is 14.7. The summed E-state index contributed by atoms with van der Waals surface area (Å²) in [4.78, 5) is 37.2. The number of nitrogens with zero attached hydrogens (tertiary/aromatic N) is 1. The highest BCUT2D eigenvalue weighted by atomic mass is 16.2. The molecule has 2 rings (SSSR count). The van der Waals surface area contributed by atoms with Crippen LogP contribution in [0.25, 0.3) is 0 Å². The first kappa shape index (κ1) is 14.4. The summed E-state index contributed by atoms with van der Waals surface area (Å²) < 4.78 is 0. The van der Waals surface area contributed by atoms with E-state index in [1.807, 2.05) is 26.0 Å². The third-order valence-corrected chi connectivity index (χ3v) is 3.62. The molecule has 1 aliphatic rings. The van der Waals surface area contributed by atoms with Gasteiger partial charge in [0.2, 0.25) is 11.8 Å². The predicted molar refractivity (Wildman–Crippen MR) is 75.4 cm³/mol. The molecule has 1 fully saturated rings. The minimum atomic E-state index is -0.231. The van der Waals surface area contributed by atoms with Gasteiger partial charge >= 0.3 is 0 Å². The standard InChI is InChI=1S/C16H19NO3/c1-11-7-8-13(12(2)9-11)14(18)10-17-15(19)5-3-4-6-16(17)20/h7-9H,3-6,10H2,1-2H3. The van der Waals surface area contributed by atoms with E-state index in [9.17, 15) is 14.4 Å². The summed E-state index contributed by atoms with van der Waals surface area (Å²) in [6.45, 7) is 3.69. The Labute approximate surface area is 118 Å². The van der Waals surface area contributed by atoms with Crippen LogP contribution in [0.5, 0.6) is 0 Å². The molecule has 1 saturated heterocycles. The van der Waals surface area contributed by atoms with Gasteiger partial charge in [0.15, 0.2) is 5.78 Å². The Morgan fingerprint density at radius 1 is 1.10 bits per heavy atom. The van der Waals surface area contributed by atoms with Crippen LogP contribution in [0.1, 0.15) is 47.2 Å². The van der Waals surface area contributed by atoms with Crippen LogP contribution in [0, 0.1) is 13.8 Å². The zero-order valence-electron chi connectivity index (χ0n) is 11.9. The fraction of sp³-hybridized carbons (Fsp3) is 0.438. The number of likely N-dealkylation sites (tertiary alicyclic amines) is 1. The Hall–Kier alpha value is -1.97. The summed E-state index contributed by atoms with van der Waals surface area (Å²) in [5.41, 5.74) is 2.55. The third kappa shape index (κ3) is 3.13. The lowest BCUT2D eigenvalue weighted by atomic mass is 10.0. The maximum absolute atomic E-state index is 12.3. The molecular weight excluding hydrogens is 254 g/mol. The molecule has 0 aliphatic carbocycles. The first-order valence-electron chi connectivity index (χ1n) is 6.92. The molecule has 106 valence electrons. The molecule has 4 heteroatoms. The number of imide groups is 1. The van der Waals surface area contributed by atoms with E-state index in [1.54, 1.807) is 6.07 Å². The van der Waals surface area contributed by atoms with Gasteiger partial charge in [0.05, 0.1) is 6.54 Å². The van der Waals surface area contributed by atoms with Gasteiger partial charge in [-0.2, -0.15) is 0 Å². The summed E-state index contributed by atoms with van der Waals surface area (Å²) >= 11 is 0. The van der Waals surface area contributed by atoms with E-state index in [4.69, 9.17) is 0 Å². The molecule has 0 saturated carbocycles. The molecule has 1 aromatic rings. The average molecular weight is 273 g/mol. The Kier molecular flexibility index (Phi) is 4.32. The number of carbonyl (C=O) groups excluding carboxylic acids is 3. The number of aryl methyl sites for hydroxylation is 2. The molecule has 4 nitrogen and oxygen atoms in total. The molecule has 0 bridgehead atoms. The SMILES string of the molecule is Cc1ccc(C(=O)CN2C(=O)CCCCC2=O)c(C)c1. The van der Waals surface area contributed by atoms with E-state index in [2.05, 4.69) is 0 Å². The van der Waals surface area contributed by atoms with Crippen LogP contribution in [0.15, 0.2) is 18.2 Å². The number of hydrogen-bond acceptors (Lipinski definition) is 3. The van der Waals surface area contributed by atoms with Crippen LogP contribution in [0.2, 0.25) is 0 Å². The van der Waals surface area contributed by atoms with Gasteiger partial charge in [-0.25, -0.2) is 0 Å². The van der Waals surface area contributed by atoms with Gasteiger partial charge in [-0.15, -0.1) is 0 Å². The lowest BCUT2D eigenvalue weighted by Gasteiger charge is -2.18. The molecule has 0 aromatic heterocycles. The minimum Gasteiger partial charge on any atom is -0.292 e. The van der Waals surface area contributed by atoms with Gasteiger partial charge in [-0.05, 0) is 32.3 Å². The van der Waals surface area contributed by atoms with Gasteiger partial charge in [0.1, 0.15) is 0 Å². The van der Waals surface area contributed by atoms with Crippen molar-refractivity contribution >= 4 is 17.6 Å². The van der Waals surface area contributed by atoms with Gasteiger partial charge < -0.3 is 0 Å². The molecule has 0 unspecified atom stereocenters. The van der Waals surface area contributed by atoms with E-state index < -0.39 is 0 Å². The topological polar surface area (TPSA) is 54.5 Å². The summed E-state index contributed by atoms with van der Waals surface area (Å²) in [5.74, 6) is -0.637. The largest absolute Gasteiger partial charge is 0.292 e. The Morgan fingerprint density at radius 3 is 2.25 bits per heavy atom. The number of Topliss-reactive ketones (excluding diaryl/α,β-unsaturated/α-hetero) is 1. The van der Waals surface area contributed by atoms with Crippen molar-refractivity contribution < 1.29 is 14.4 Å². The Morgan fingerprint density at radius 2 is 1.70 bits per heavy atom. The van der Waals surface area contributed by atoms with Gasteiger partial charge in [-0.3, -0.25) is 19.3 Å². The van der Waals surface area contributed by atoms with Gasteiger partial charge in [0.25, 0.3) is 0 Å². The second-order valence-corrected chi connectivity index (χ2v) is 5.32. The minimum absolute atomic E-state index is 0.137. The van der Waals surface area contributed by atoms with Crippen molar-refractivity contribution in [2.24, 2.45) is 0 Å². The van der Waals surface area contributed by atoms with Crippen molar-refractivity contribution in [3.8, 4) is 0 Å². The van der Waals surface area contributed by atoms with Crippen LogP contribution < -0.4 is 0 Å². The number of carbonyl (C=O) groups is 3. The second-order valence-electron chi connectivity index (χ2n) is 5.32. The molecule has 1 heterocycles. The zero-order valence-corrected chi connectivity index (χ0v) is 11.9. The maximum atomic E-state index is 12.3. The first-order valence-corrected chi connectivity index (χ1v) is 6.92. The summed E-state index contributed by atoms with van der Waals surface area (Å²) in [7, 11) is 0. The lowest BCUT2D eigenvalue weighted by molar-refractivity contribution is -0.143. The predicted octanol–water partition coefficient (Wildman–Crippen LogP) is 2.42. The second kappa shape index (κ2) is 5.99. The molecule has 1 aromatic carbocycles. The highest BCUT2D eigenvalue weighted by Crippen LogP contribution is 2.16. The summed E-state index contributed by atoms with van der Waals surface area (Å²) in [6.07, 6.45) is 2.15. The fourth-order valence-electron chi connectivity index (χ4n) is 2.49.